The molecule has 6 nitrogen and oxygen atoms in total. The number of rotatable bonds is 9. The van der Waals surface area contributed by atoms with Crippen LogP contribution in [0.25, 0.3) is 6.08 Å². The number of benzene rings is 4. The van der Waals surface area contributed by atoms with Crippen LogP contribution < -0.4 is 16.0 Å². The smallest absolute Gasteiger partial charge is 0.272 e. The van der Waals surface area contributed by atoms with Crippen molar-refractivity contribution in [1.29, 1.82) is 0 Å². The minimum Gasteiger partial charge on any atom is -0.325 e. The summed E-state index contributed by atoms with van der Waals surface area (Å²) in [5, 5.41) is 7.67. The maximum atomic E-state index is 13.4. The molecule has 10 heteroatoms. The first-order valence-electron chi connectivity index (χ1n) is 12.4. The zero-order valence-electron chi connectivity index (χ0n) is 21.7. The van der Waals surface area contributed by atoms with Crippen LogP contribution in [0.15, 0.2) is 112 Å². The van der Waals surface area contributed by atoms with Gasteiger partial charge in [-0.15, -0.1) is 11.8 Å². The fourth-order valence-electron chi connectivity index (χ4n) is 3.63. The lowest BCUT2D eigenvalue weighted by molar-refractivity contribution is -0.115. The predicted octanol–water partition coefficient (Wildman–Crippen LogP) is 7.77. The van der Waals surface area contributed by atoms with E-state index in [1.54, 1.807) is 61.5 Å². The Morgan fingerprint density at radius 3 is 2.34 bits per heavy atom. The standard InChI is InChI=1S/C31H24BrClFN3O3S/c1-19(29(38)35-24-13-14-27(34)26(33)18-24)41-25-12-6-11-23(17-25)36-31(40)28(16-20-7-5-10-22(32)15-20)37-30(39)21-8-3-2-4-9-21/h2-19H,1H3,(H,35,38)(H,36,40)(H,37,39)/b28-16+. The van der Waals surface area contributed by atoms with Gasteiger partial charge >= 0.3 is 0 Å². The molecule has 3 N–H and O–H groups in total. The van der Waals surface area contributed by atoms with E-state index in [1.807, 2.05) is 30.3 Å². The number of halogens is 3. The van der Waals surface area contributed by atoms with Gasteiger partial charge in [0.05, 0.1) is 10.3 Å². The molecular formula is C31H24BrClFN3O3S. The molecule has 41 heavy (non-hydrogen) atoms. The van der Waals surface area contributed by atoms with Crippen molar-refractivity contribution in [3.63, 3.8) is 0 Å². The lowest BCUT2D eigenvalue weighted by Crippen LogP contribution is -2.30. The Hall–Kier alpha value is -3.92. The summed E-state index contributed by atoms with van der Waals surface area (Å²) in [5.74, 6) is -1.81. The SMILES string of the molecule is CC(Sc1cccc(NC(=O)/C(=C\c2cccc(Br)c2)NC(=O)c2ccccc2)c1)C(=O)Nc1ccc(F)c(Cl)c1. The molecule has 4 rings (SSSR count). The van der Waals surface area contributed by atoms with Gasteiger partial charge in [0.25, 0.3) is 11.8 Å². The third kappa shape index (κ3) is 8.78. The van der Waals surface area contributed by atoms with Crippen molar-refractivity contribution in [3.8, 4) is 0 Å². The Morgan fingerprint density at radius 1 is 0.878 bits per heavy atom. The lowest BCUT2D eigenvalue weighted by Gasteiger charge is -2.14. The van der Waals surface area contributed by atoms with E-state index < -0.39 is 22.9 Å². The second-order valence-electron chi connectivity index (χ2n) is 8.79. The summed E-state index contributed by atoms with van der Waals surface area (Å²) < 4.78 is 14.2. The Kier molecular flexibility index (Phi) is 10.3. The molecular weight excluding hydrogens is 629 g/mol. The average Bonchev–Trinajstić information content (AvgIpc) is 2.95. The van der Waals surface area contributed by atoms with Crippen LogP contribution in [0.1, 0.15) is 22.8 Å². The number of amides is 3. The second kappa shape index (κ2) is 14.1. The van der Waals surface area contributed by atoms with Crippen molar-refractivity contribution in [1.82, 2.24) is 5.32 Å². The van der Waals surface area contributed by atoms with E-state index in [0.29, 0.717) is 22.5 Å². The highest BCUT2D eigenvalue weighted by Crippen LogP contribution is 2.28. The topological polar surface area (TPSA) is 87.3 Å². The number of hydrogen-bond donors (Lipinski definition) is 3. The van der Waals surface area contributed by atoms with Crippen LogP contribution in [0.5, 0.6) is 0 Å². The minimum absolute atomic E-state index is 0.0562. The predicted molar refractivity (Wildman–Crippen MR) is 166 cm³/mol. The summed E-state index contributed by atoms with van der Waals surface area (Å²) in [6.45, 7) is 1.73. The summed E-state index contributed by atoms with van der Waals surface area (Å²) in [6.07, 6.45) is 1.59. The third-order valence-electron chi connectivity index (χ3n) is 5.65. The Bertz CT molecular complexity index is 1620. The number of hydrogen-bond acceptors (Lipinski definition) is 4. The van der Waals surface area contributed by atoms with E-state index in [1.165, 1.54) is 30.0 Å². The summed E-state index contributed by atoms with van der Waals surface area (Å²) in [6, 6.07) is 26.9. The first-order chi connectivity index (χ1) is 19.7. The van der Waals surface area contributed by atoms with Gasteiger partial charge in [0.2, 0.25) is 5.91 Å². The molecule has 0 fully saturated rings. The molecule has 0 spiro atoms. The highest BCUT2D eigenvalue weighted by atomic mass is 79.9. The molecule has 0 aliphatic heterocycles. The summed E-state index contributed by atoms with van der Waals surface area (Å²) in [5.41, 5.74) is 2.04. The van der Waals surface area contributed by atoms with E-state index in [2.05, 4.69) is 31.9 Å². The number of thioether (sulfide) groups is 1. The molecule has 0 saturated heterocycles. The number of nitrogens with one attached hydrogen (secondary N) is 3. The van der Waals surface area contributed by atoms with Gasteiger partial charge in [-0.2, -0.15) is 0 Å². The zero-order chi connectivity index (χ0) is 29.4. The molecule has 0 heterocycles. The van der Waals surface area contributed by atoms with Crippen molar-refractivity contribution in [3.05, 3.63) is 129 Å². The van der Waals surface area contributed by atoms with Gasteiger partial charge in [-0.05, 0) is 79.2 Å². The zero-order valence-corrected chi connectivity index (χ0v) is 24.8. The van der Waals surface area contributed by atoms with E-state index in [4.69, 9.17) is 11.6 Å². The maximum Gasteiger partial charge on any atom is 0.272 e. The van der Waals surface area contributed by atoms with Crippen molar-refractivity contribution in [2.24, 2.45) is 0 Å². The van der Waals surface area contributed by atoms with E-state index in [-0.39, 0.29) is 16.6 Å². The Labute approximate surface area is 254 Å². The Balaban J connectivity index is 1.47. The molecule has 1 atom stereocenters. The van der Waals surface area contributed by atoms with Gasteiger partial charge in [-0.3, -0.25) is 14.4 Å². The monoisotopic (exact) mass is 651 g/mol. The Morgan fingerprint density at radius 2 is 1.61 bits per heavy atom. The highest BCUT2D eigenvalue weighted by molar-refractivity contribution is 9.10. The van der Waals surface area contributed by atoms with Gasteiger partial charge in [-0.1, -0.05) is 63.9 Å². The minimum atomic E-state index is -0.569. The van der Waals surface area contributed by atoms with Gasteiger partial charge in [0, 0.05) is 26.3 Å². The normalized spacial score (nSPS) is 11.9. The molecule has 0 saturated carbocycles. The molecule has 4 aromatic carbocycles. The first-order valence-corrected chi connectivity index (χ1v) is 14.4. The van der Waals surface area contributed by atoms with Crippen molar-refractivity contribution in [2.45, 2.75) is 17.1 Å². The summed E-state index contributed by atoms with van der Waals surface area (Å²) >= 11 is 10.5. The second-order valence-corrected chi connectivity index (χ2v) is 11.5. The van der Waals surface area contributed by atoms with Crippen LogP contribution in [0.3, 0.4) is 0 Å². The molecule has 0 aliphatic carbocycles. The van der Waals surface area contributed by atoms with Crippen molar-refractivity contribution >= 4 is 74.5 Å². The highest BCUT2D eigenvalue weighted by Gasteiger charge is 2.18. The van der Waals surface area contributed by atoms with Crippen LogP contribution in [-0.2, 0) is 9.59 Å². The van der Waals surface area contributed by atoms with Crippen LogP contribution in [0, 0.1) is 5.82 Å². The van der Waals surface area contributed by atoms with Gasteiger partial charge < -0.3 is 16.0 Å². The average molecular weight is 653 g/mol. The fourth-order valence-corrected chi connectivity index (χ4v) is 5.15. The molecule has 0 aliphatic rings. The molecule has 0 radical (unpaired) electrons. The summed E-state index contributed by atoms with van der Waals surface area (Å²) in [7, 11) is 0. The summed E-state index contributed by atoms with van der Waals surface area (Å²) in [4.78, 5) is 39.6. The molecule has 208 valence electrons. The molecule has 3 amide bonds. The maximum absolute atomic E-state index is 13.4. The van der Waals surface area contributed by atoms with Crippen molar-refractivity contribution in [2.75, 3.05) is 10.6 Å². The van der Waals surface area contributed by atoms with E-state index >= 15 is 0 Å². The van der Waals surface area contributed by atoms with Gasteiger partial charge in [0.1, 0.15) is 11.5 Å². The van der Waals surface area contributed by atoms with E-state index in [9.17, 15) is 18.8 Å². The van der Waals surface area contributed by atoms with Crippen molar-refractivity contribution < 1.29 is 18.8 Å². The molecule has 1 unspecified atom stereocenters. The number of carbonyl (C=O) groups excluding carboxylic acids is 3. The molecule has 0 bridgehead atoms. The van der Waals surface area contributed by atoms with Crippen LogP contribution in [-0.4, -0.2) is 23.0 Å². The van der Waals surface area contributed by atoms with Gasteiger partial charge in [-0.25, -0.2) is 4.39 Å². The lowest BCUT2D eigenvalue weighted by atomic mass is 10.1. The van der Waals surface area contributed by atoms with E-state index in [0.717, 1.165) is 9.37 Å². The fraction of sp³-hybridized carbons (Fsp3) is 0.0645. The number of anilines is 2. The molecule has 4 aromatic rings. The number of carbonyl (C=O) groups is 3. The van der Waals surface area contributed by atoms with Crippen LogP contribution in [0.4, 0.5) is 15.8 Å². The first kappa shape index (κ1) is 30.0. The molecule has 0 aromatic heterocycles. The van der Waals surface area contributed by atoms with Gasteiger partial charge in [0.15, 0.2) is 0 Å². The van der Waals surface area contributed by atoms with Crippen LogP contribution >= 0.6 is 39.3 Å². The largest absolute Gasteiger partial charge is 0.325 e. The quantitative estimate of drug-likeness (QED) is 0.127. The van der Waals surface area contributed by atoms with Crippen LogP contribution in [0.2, 0.25) is 5.02 Å². The third-order valence-corrected chi connectivity index (χ3v) is 7.53.